The predicted octanol–water partition coefficient (Wildman–Crippen LogP) is 2.96. The normalized spacial score (nSPS) is 14.7. The zero-order valence-corrected chi connectivity index (χ0v) is 16.8. The fraction of sp³-hybridized carbons (Fsp3) is 0.619. The first-order valence-corrected chi connectivity index (χ1v) is 9.93. The molecule has 1 heterocycles. The SMILES string of the molecule is CCCN(CCC)C(=O)C1CCN(C(=O)COc2ccccc2OC)CC1. The fourth-order valence-corrected chi connectivity index (χ4v) is 3.47. The van der Waals surface area contributed by atoms with Crippen LogP contribution in [0.2, 0.25) is 0 Å². The van der Waals surface area contributed by atoms with Crippen LogP contribution in [0.25, 0.3) is 0 Å². The molecular formula is C21H32N2O4. The minimum Gasteiger partial charge on any atom is -0.493 e. The van der Waals surface area contributed by atoms with Crippen LogP contribution < -0.4 is 9.47 Å². The lowest BCUT2D eigenvalue weighted by Gasteiger charge is -2.34. The van der Waals surface area contributed by atoms with E-state index in [0.717, 1.165) is 38.8 Å². The topological polar surface area (TPSA) is 59.1 Å². The van der Waals surface area contributed by atoms with E-state index in [-0.39, 0.29) is 24.3 Å². The maximum Gasteiger partial charge on any atom is 0.260 e. The standard InChI is InChI=1S/C21H32N2O4/c1-4-12-23(13-5-2)21(25)17-10-14-22(15-11-17)20(24)16-27-19-9-7-6-8-18(19)26-3/h6-9,17H,4-5,10-16H2,1-3H3. The molecular weight excluding hydrogens is 344 g/mol. The lowest BCUT2D eigenvalue weighted by molar-refractivity contribution is -0.141. The molecule has 1 aromatic rings. The quantitative estimate of drug-likeness (QED) is 0.665. The molecule has 0 radical (unpaired) electrons. The van der Waals surface area contributed by atoms with Gasteiger partial charge in [0.15, 0.2) is 18.1 Å². The Morgan fingerprint density at radius 1 is 1.07 bits per heavy atom. The number of piperidine rings is 1. The highest BCUT2D eigenvalue weighted by molar-refractivity contribution is 5.80. The number of para-hydroxylation sites is 2. The maximum absolute atomic E-state index is 12.7. The molecule has 6 heteroatoms. The molecule has 0 N–H and O–H groups in total. The van der Waals surface area contributed by atoms with E-state index < -0.39 is 0 Å². The van der Waals surface area contributed by atoms with Crippen molar-refractivity contribution in [1.29, 1.82) is 0 Å². The van der Waals surface area contributed by atoms with E-state index in [1.54, 1.807) is 24.1 Å². The second-order valence-electron chi connectivity index (χ2n) is 6.92. The molecule has 150 valence electrons. The highest BCUT2D eigenvalue weighted by Gasteiger charge is 2.29. The fourth-order valence-electron chi connectivity index (χ4n) is 3.47. The second kappa shape index (κ2) is 10.8. The van der Waals surface area contributed by atoms with Crippen LogP contribution >= 0.6 is 0 Å². The number of carbonyl (C=O) groups excluding carboxylic acids is 2. The summed E-state index contributed by atoms with van der Waals surface area (Å²) in [5.41, 5.74) is 0. The number of likely N-dealkylation sites (tertiary alicyclic amines) is 1. The molecule has 6 nitrogen and oxygen atoms in total. The van der Waals surface area contributed by atoms with Gasteiger partial charge in [0.25, 0.3) is 5.91 Å². The van der Waals surface area contributed by atoms with Crippen molar-refractivity contribution in [3.63, 3.8) is 0 Å². The van der Waals surface area contributed by atoms with Crippen molar-refractivity contribution in [3.05, 3.63) is 24.3 Å². The van der Waals surface area contributed by atoms with Gasteiger partial charge in [-0.3, -0.25) is 9.59 Å². The molecule has 1 saturated heterocycles. The van der Waals surface area contributed by atoms with Gasteiger partial charge in [0, 0.05) is 32.1 Å². The average Bonchev–Trinajstić information content (AvgIpc) is 2.71. The van der Waals surface area contributed by atoms with Crippen LogP contribution in [-0.4, -0.2) is 61.5 Å². The zero-order valence-electron chi connectivity index (χ0n) is 16.8. The number of hydrogen-bond acceptors (Lipinski definition) is 4. The lowest BCUT2D eigenvalue weighted by Crippen LogP contribution is -2.46. The van der Waals surface area contributed by atoms with E-state index in [0.29, 0.717) is 24.6 Å². The largest absolute Gasteiger partial charge is 0.493 e. The molecule has 0 bridgehead atoms. The van der Waals surface area contributed by atoms with Gasteiger partial charge in [0.05, 0.1) is 7.11 Å². The Balaban J connectivity index is 1.82. The maximum atomic E-state index is 12.7. The average molecular weight is 376 g/mol. The Morgan fingerprint density at radius 3 is 2.22 bits per heavy atom. The molecule has 1 fully saturated rings. The number of hydrogen-bond donors (Lipinski definition) is 0. The van der Waals surface area contributed by atoms with E-state index in [1.165, 1.54) is 0 Å². The van der Waals surface area contributed by atoms with Crippen molar-refractivity contribution in [2.75, 3.05) is 39.9 Å². The molecule has 0 spiro atoms. The van der Waals surface area contributed by atoms with Gasteiger partial charge >= 0.3 is 0 Å². The lowest BCUT2D eigenvalue weighted by atomic mass is 9.95. The van der Waals surface area contributed by atoms with Crippen molar-refractivity contribution < 1.29 is 19.1 Å². The van der Waals surface area contributed by atoms with Crippen LogP contribution in [-0.2, 0) is 9.59 Å². The van der Waals surface area contributed by atoms with Crippen molar-refractivity contribution in [1.82, 2.24) is 9.80 Å². The number of benzene rings is 1. The van der Waals surface area contributed by atoms with Gasteiger partial charge in [-0.15, -0.1) is 0 Å². The third-order valence-electron chi connectivity index (χ3n) is 4.92. The number of amides is 2. The molecule has 0 aliphatic carbocycles. The summed E-state index contributed by atoms with van der Waals surface area (Å²) in [7, 11) is 1.58. The minimum absolute atomic E-state index is 0.0171. The Morgan fingerprint density at radius 2 is 1.67 bits per heavy atom. The van der Waals surface area contributed by atoms with E-state index in [1.807, 2.05) is 17.0 Å². The van der Waals surface area contributed by atoms with E-state index in [4.69, 9.17) is 9.47 Å². The summed E-state index contributed by atoms with van der Waals surface area (Å²) in [6, 6.07) is 7.29. The molecule has 1 aliphatic heterocycles. The molecule has 1 aromatic carbocycles. The molecule has 2 amide bonds. The van der Waals surface area contributed by atoms with Gasteiger partial charge in [-0.05, 0) is 37.8 Å². The van der Waals surface area contributed by atoms with Crippen molar-refractivity contribution in [2.24, 2.45) is 5.92 Å². The highest BCUT2D eigenvalue weighted by Crippen LogP contribution is 2.26. The van der Waals surface area contributed by atoms with Crippen LogP contribution in [0.15, 0.2) is 24.3 Å². The van der Waals surface area contributed by atoms with Crippen LogP contribution in [0.3, 0.4) is 0 Å². The second-order valence-corrected chi connectivity index (χ2v) is 6.92. The first kappa shape index (κ1) is 21.1. The Kier molecular flexibility index (Phi) is 8.43. The van der Waals surface area contributed by atoms with Crippen molar-refractivity contribution in [2.45, 2.75) is 39.5 Å². The van der Waals surface area contributed by atoms with E-state index in [9.17, 15) is 9.59 Å². The van der Waals surface area contributed by atoms with Crippen molar-refractivity contribution in [3.8, 4) is 11.5 Å². The van der Waals surface area contributed by atoms with Crippen LogP contribution in [0, 0.1) is 5.92 Å². The summed E-state index contributed by atoms with van der Waals surface area (Å²) < 4.78 is 10.9. The number of ether oxygens (including phenoxy) is 2. The predicted molar refractivity (Wildman–Crippen MR) is 105 cm³/mol. The third kappa shape index (κ3) is 5.88. The van der Waals surface area contributed by atoms with Gasteiger partial charge in [0.1, 0.15) is 0 Å². The first-order chi connectivity index (χ1) is 13.1. The summed E-state index contributed by atoms with van der Waals surface area (Å²) in [5.74, 6) is 1.40. The molecule has 2 rings (SSSR count). The molecule has 27 heavy (non-hydrogen) atoms. The van der Waals surface area contributed by atoms with Gasteiger partial charge in [-0.1, -0.05) is 26.0 Å². The molecule has 0 unspecified atom stereocenters. The summed E-state index contributed by atoms with van der Waals surface area (Å²) >= 11 is 0. The highest BCUT2D eigenvalue weighted by atomic mass is 16.5. The van der Waals surface area contributed by atoms with Gasteiger partial charge in [0.2, 0.25) is 5.91 Å². The number of nitrogens with zero attached hydrogens (tertiary/aromatic N) is 2. The Bertz CT molecular complexity index is 606. The van der Waals surface area contributed by atoms with Crippen LogP contribution in [0.4, 0.5) is 0 Å². The number of methoxy groups -OCH3 is 1. The first-order valence-electron chi connectivity index (χ1n) is 9.93. The zero-order chi connectivity index (χ0) is 19.6. The van der Waals surface area contributed by atoms with E-state index in [2.05, 4.69) is 13.8 Å². The molecule has 1 aliphatic rings. The molecule has 0 saturated carbocycles. The Hall–Kier alpha value is -2.24. The number of carbonyl (C=O) groups is 2. The summed E-state index contributed by atoms with van der Waals surface area (Å²) in [5, 5.41) is 0. The molecule has 0 atom stereocenters. The monoisotopic (exact) mass is 376 g/mol. The van der Waals surface area contributed by atoms with Crippen LogP contribution in [0.5, 0.6) is 11.5 Å². The summed E-state index contributed by atoms with van der Waals surface area (Å²) in [6.45, 7) is 7.03. The smallest absolute Gasteiger partial charge is 0.260 e. The van der Waals surface area contributed by atoms with Gasteiger partial charge in [-0.2, -0.15) is 0 Å². The van der Waals surface area contributed by atoms with Crippen LogP contribution in [0.1, 0.15) is 39.5 Å². The van der Waals surface area contributed by atoms with Gasteiger partial charge in [-0.25, -0.2) is 0 Å². The van der Waals surface area contributed by atoms with Gasteiger partial charge < -0.3 is 19.3 Å². The summed E-state index contributed by atoms with van der Waals surface area (Å²) in [6.07, 6.45) is 3.40. The van der Waals surface area contributed by atoms with E-state index >= 15 is 0 Å². The molecule has 0 aromatic heterocycles. The number of rotatable bonds is 9. The summed E-state index contributed by atoms with van der Waals surface area (Å²) in [4.78, 5) is 28.9. The minimum atomic E-state index is -0.0502. The van der Waals surface area contributed by atoms with Crippen molar-refractivity contribution >= 4 is 11.8 Å². The Labute approximate surface area is 162 Å². The third-order valence-corrected chi connectivity index (χ3v) is 4.92.